The zero-order valence-electron chi connectivity index (χ0n) is 17.3. The van der Waals surface area contributed by atoms with Gasteiger partial charge in [0, 0.05) is 24.2 Å². The Kier molecular flexibility index (Phi) is 7.28. The molecule has 0 aliphatic carbocycles. The minimum Gasteiger partial charge on any atom is -0.496 e. The van der Waals surface area contributed by atoms with Crippen LogP contribution in [0.5, 0.6) is 11.5 Å². The van der Waals surface area contributed by atoms with Gasteiger partial charge in [-0.1, -0.05) is 48.5 Å². The molecule has 3 aromatic rings. The van der Waals surface area contributed by atoms with Gasteiger partial charge in [0.25, 0.3) is 5.91 Å². The Hall–Kier alpha value is -3.36. The molecule has 0 aliphatic rings. The smallest absolute Gasteiger partial charge is 0.251 e. The van der Waals surface area contributed by atoms with E-state index in [9.17, 15) is 13.2 Å². The van der Waals surface area contributed by atoms with Gasteiger partial charge in [0.1, 0.15) is 16.4 Å². The van der Waals surface area contributed by atoms with Crippen LogP contribution in [0.3, 0.4) is 0 Å². The summed E-state index contributed by atoms with van der Waals surface area (Å²) in [6.45, 7) is 0.361. The molecule has 3 rings (SSSR count). The Bertz CT molecular complexity index is 1150. The van der Waals surface area contributed by atoms with Crippen LogP contribution in [-0.4, -0.2) is 28.5 Å². The monoisotopic (exact) mass is 440 g/mol. The molecule has 2 N–H and O–H groups in total. The van der Waals surface area contributed by atoms with Crippen molar-refractivity contribution >= 4 is 15.9 Å². The zero-order chi connectivity index (χ0) is 22.3. The summed E-state index contributed by atoms with van der Waals surface area (Å²) in [6, 6.07) is 20.8. The number of amides is 1. The Morgan fingerprint density at radius 3 is 2.23 bits per heavy atom. The highest BCUT2D eigenvalue weighted by atomic mass is 32.2. The lowest BCUT2D eigenvalue weighted by Crippen LogP contribution is -2.26. The molecule has 0 saturated carbocycles. The highest BCUT2D eigenvalue weighted by molar-refractivity contribution is 7.89. The lowest BCUT2D eigenvalue weighted by molar-refractivity contribution is 0.0950. The molecule has 7 nitrogen and oxygen atoms in total. The van der Waals surface area contributed by atoms with Crippen molar-refractivity contribution in [1.29, 1.82) is 0 Å². The van der Waals surface area contributed by atoms with Crippen LogP contribution in [0.2, 0.25) is 0 Å². The van der Waals surface area contributed by atoms with Gasteiger partial charge >= 0.3 is 0 Å². The Labute approximate surface area is 182 Å². The molecule has 8 heteroatoms. The zero-order valence-corrected chi connectivity index (χ0v) is 18.1. The number of carbonyl (C=O) groups is 1. The number of carbonyl (C=O) groups excluding carboxylic acids is 1. The molecule has 3 aromatic carbocycles. The van der Waals surface area contributed by atoms with E-state index in [1.54, 1.807) is 13.2 Å². The van der Waals surface area contributed by atoms with E-state index in [4.69, 9.17) is 9.47 Å². The van der Waals surface area contributed by atoms with E-state index in [0.29, 0.717) is 5.75 Å². The first-order valence-corrected chi connectivity index (χ1v) is 11.0. The summed E-state index contributed by atoms with van der Waals surface area (Å²) < 4.78 is 38.8. The summed E-state index contributed by atoms with van der Waals surface area (Å²) >= 11 is 0. The largest absolute Gasteiger partial charge is 0.496 e. The Balaban J connectivity index is 1.78. The van der Waals surface area contributed by atoms with E-state index in [0.717, 1.165) is 11.1 Å². The number of para-hydroxylation sites is 1. The van der Waals surface area contributed by atoms with E-state index >= 15 is 0 Å². The van der Waals surface area contributed by atoms with Crippen LogP contribution in [0, 0.1) is 0 Å². The van der Waals surface area contributed by atoms with Crippen molar-refractivity contribution in [2.45, 2.75) is 18.0 Å². The van der Waals surface area contributed by atoms with Crippen LogP contribution < -0.4 is 19.5 Å². The minimum atomic E-state index is -3.91. The molecule has 0 fully saturated rings. The molecule has 0 atom stereocenters. The third kappa shape index (κ3) is 5.62. The highest BCUT2D eigenvalue weighted by Crippen LogP contribution is 2.25. The first-order valence-electron chi connectivity index (χ1n) is 9.56. The average molecular weight is 441 g/mol. The summed E-state index contributed by atoms with van der Waals surface area (Å²) in [5.74, 6) is 0.404. The van der Waals surface area contributed by atoms with Gasteiger partial charge in [-0.05, 0) is 29.8 Å². The van der Waals surface area contributed by atoms with Crippen molar-refractivity contribution in [3.05, 3.63) is 89.5 Å². The molecule has 0 aromatic heterocycles. The first kappa shape index (κ1) is 22.3. The van der Waals surface area contributed by atoms with Crippen LogP contribution in [0.1, 0.15) is 21.5 Å². The summed E-state index contributed by atoms with van der Waals surface area (Å²) in [7, 11) is -0.969. The SMILES string of the molecule is COc1ccccc1CNC(=O)c1ccc(OC)c(S(=O)(=O)NCc2ccccc2)c1. The number of hydrogen-bond donors (Lipinski definition) is 2. The van der Waals surface area contributed by atoms with Gasteiger partial charge in [0.2, 0.25) is 10.0 Å². The maximum Gasteiger partial charge on any atom is 0.251 e. The van der Waals surface area contributed by atoms with Crippen LogP contribution in [0.15, 0.2) is 77.7 Å². The molecule has 0 saturated heterocycles. The lowest BCUT2D eigenvalue weighted by Gasteiger charge is -2.13. The topological polar surface area (TPSA) is 93.7 Å². The maximum absolute atomic E-state index is 12.9. The van der Waals surface area contributed by atoms with E-state index in [1.165, 1.54) is 25.3 Å². The summed E-state index contributed by atoms with van der Waals surface area (Å²) in [4.78, 5) is 12.6. The van der Waals surface area contributed by atoms with Gasteiger partial charge in [-0.25, -0.2) is 13.1 Å². The summed E-state index contributed by atoms with van der Waals surface area (Å²) in [5, 5.41) is 2.79. The molecule has 1 amide bonds. The molecule has 0 radical (unpaired) electrons. The third-order valence-electron chi connectivity index (χ3n) is 4.66. The quantitative estimate of drug-likeness (QED) is 0.533. The molecule has 0 aliphatic heterocycles. The van der Waals surface area contributed by atoms with E-state index in [1.807, 2.05) is 48.5 Å². The number of nitrogens with one attached hydrogen (secondary N) is 2. The molecule has 0 heterocycles. The van der Waals surface area contributed by atoms with Crippen molar-refractivity contribution in [1.82, 2.24) is 10.0 Å². The molecule has 0 bridgehead atoms. The van der Waals surface area contributed by atoms with E-state index in [-0.39, 0.29) is 29.3 Å². The second kappa shape index (κ2) is 10.1. The number of benzene rings is 3. The van der Waals surface area contributed by atoms with Gasteiger partial charge in [0.15, 0.2) is 0 Å². The standard InChI is InChI=1S/C23H24N2O5S/c1-29-20-11-7-6-10-19(20)16-24-23(26)18-12-13-21(30-2)22(14-18)31(27,28)25-15-17-8-4-3-5-9-17/h3-14,25H,15-16H2,1-2H3,(H,24,26). The Morgan fingerprint density at radius 2 is 1.52 bits per heavy atom. The third-order valence-corrected chi connectivity index (χ3v) is 6.08. The van der Waals surface area contributed by atoms with Crippen molar-refractivity contribution in [3.8, 4) is 11.5 Å². The van der Waals surface area contributed by atoms with Crippen LogP contribution in [0.25, 0.3) is 0 Å². The van der Waals surface area contributed by atoms with Crippen molar-refractivity contribution in [2.75, 3.05) is 14.2 Å². The molecule has 0 unspecified atom stereocenters. The number of rotatable bonds is 9. The predicted octanol–water partition coefficient (Wildman–Crippen LogP) is 3.11. The molecular weight excluding hydrogens is 416 g/mol. The fraction of sp³-hybridized carbons (Fsp3) is 0.174. The van der Waals surface area contributed by atoms with Gasteiger partial charge in [-0.2, -0.15) is 0 Å². The number of ether oxygens (including phenoxy) is 2. The van der Waals surface area contributed by atoms with Crippen molar-refractivity contribution < 1.29 is 22.7 Å². The molecular formula is C23H24N2O5S. The van der Waals surface area contributed by atoms with Crippen LogP contribution >= 0.6 is 0 Å². The summed E-state index contributed by atoms with van der Waals surface area (Å²) in [6.07, 6.45) is 0. The molecule has 31 heavy (non-hydrogen) atoms. The maximum atomic E-state index is 12.9. The number of methoxy groups -OCH3 is 2. The normalized spacial score (nSPS) is 11.0. The van der Waals surface area contributed by atoms with Crippen molar-refractivity contribution in [3.63, 3.8) is 0 Å². The number of sulfonamides is 1. The van der Waals surface area contributed by atoms with Crippen molar-refractivity contribution in [2.24, 2.45) is 0 Å². The van der Waals surface area contributed by atoms with E-state index in [2.05, 4.69) is 10.0 Å². The Morgan fingerprint density at radius 1 is 0.839 bits per heavy atom. The first-order chi connectivity index (χ1) is 14.9. The molecule has 0 spiro atoms. The predicted molar refractivity (Wildman–Crippen MR) is 118 cm³/mol. The lowest BCUT2D eigenvalue weighted by atomic mass is 10.1. The second-order valence-corrected chi connectivity index (χ2v) is 8.41. The highest BCUT2D eigenvalue weighted by Gasteiger charge is 2.21. The second-order valence-electron chi connectivity index (χ2n) is 6.67. The van der Waals surface area contributed by atoms with Crippen LogP contribution in [0.4, 0.5) is 0 Å². The van der Waals surface area contributed by atoms with Gasteiger partial charge in [-0.3, -0.25) is 4.79 Å². The van der Waals surface area contributed by atoms with Gasteiger partial charge < -0.3 is 14.8 Å². The fourth-order valence-corrected chi connectivity index (χ4v) is 4.22. The van der Waals surface area contributed by atoms with Gasteiger partial charge in [-0.15, -0.1) is 0 Å². The van der Waals surface area contributed by atoms with Gasteiger partial charge in [0.05, 0.1) is 14.2 Å². The van der Waals surface area contributed by atoms with E-state index < -0.39 is 15.9 Å². The average Bonchev–Trinajstić information content (AvgIpc) is 2.81. The van der Waals surface area contributed by atoms with Crippen LogP contribution in [-0.2, 0) is 23.1 Å². The minimum absolute atomic E-state index is 0.101. The summed E-state index contributed by atoms with van der Waals surface area (Å²) in [5.41, 5.74) is 1.83. The fourth-order valence-electron chi connectivity index (χ4n) is 3.01. The molecule has 162 valence electrons. The number of hydrogen-bond acceptors (Lipinski definition) is 5.